The van der Waals surface area contributed by atoms with Gasteiger partial charge in [-0.2, -0.15) is 0 Å². The summed E-state index contributed by atoms with van der Waals surface area (Å²) in [7, 11) is 0. The van der Waals surface area contributed by atoms with Crippen LogP contribution in [0.1, 0.15) is 30.2 Å². The second kappa shape index (κ2) is 7.54. The van der Waals surface area contributed by atoms with Gasteiger partial charge < -0.3 is 14.8 Å². The molecule has 0 bridgehead atoms. The Morgan fingerprint density at radius 3 is 2.68 bits per heavy atom. The molecule has 1 unspecified atom stereocenters. The molecule has 0 saturated carbocycles. The maximum Gasteiger partial charge on any atom is 0.123 e. The first-order valence-electron chi connectivity index (χ1n) is 7.86. The van der Waals surface area contributed by atoms with Crippen LogP contribution in [0.5, 0.6) is 0 Å². The molecule has 3 heterocycles. The van der Waals surface area contributed by atoms with Crippen molar-refractivity contribution in [2.45, 2.75) is 31.5 Å². The number of rotatable bonds is 6. The minimum atomic E-state index is -0.105. The Hall–Kier alpha value is -1.69. The lowest BCUT2D eigenvalue weighted by molar-refractivity contribution is 0.160. The summed E-state index contributed by atoms with van der Waals surface area (Å²) in [5.41, 5.74) is 1.31. The summed E-state index contributed by atoms with van der Waals surface area (Å²) in [5.74, 6) is 0.807. The van der Waals surface area contributed by atoms with Crippen LogP contribution in [-0.2, 0) is 6.54 Å². The molecule has 22 heavy (non-hydrogen) atoms. The molecule has 0 radical (unpaired) electrons. The van der Waals surface area contributed by atoms with Gasteiger partial charge in [-0.25, -0.2) is 0 Å². The molecule has 0 aromatic carbocycles. The first-order valence-corrected chi connectivity index (χ1v) is 7.86. The third-order valence-electron chi connectivity index (χ3n) is 4.25. The highest BCUT2D eigenvalue weighted by Crippen LogP contribution is 2.19. The van der Waals surface area contributed by atoms with Crippen molar-refractivity contribution in [3.05, 3.63) is 54.2 Å². The molecule has 2 aromatic rings. The average Bonchev–Trinajstić information content (AvgIpc) is 3.09. The van der Waals surface area contributed by atoms with Gasteiger partial charge in [-0.05, 0) is 55.8 Å². The maximum atomic E-state index is 9.54. The Labute approximate surface area is 131 Å². The van der Waals surface area contributed by atoms with E-state index in [0.717, 1.165) is 38.2 Å². The van der Waals surface area contributed by atoms with Crippen molar-refractivity contribution >= 4 is 0 Å². The first kappa shape index (κ1) is 15.2. The Kier molecular flexibility index (Phi) is 5.21. The molecule has 5 heteroatoms. The Balaban J connectivity index is 1.47. The Bertz CT molecular complexity index is 536. The minimum absolute atomic E-state index is 0.0603. The van der Waals surface area contributed by atoms with Crippen LogP contribution in [0.4, 0.5) is 0 Å². The van der Waals surface area contributed by atoms with Crippen LogP contribution < -0.4 is 5.32 Å². The van der Waals surface area contributed by atoms with Crippen LogP contribution in [0, 0.1) is 0 Å². The maximum absolute atomic E-state index is 9.54. The summed E-state index contributed by atoms with van der Waals surface area (Å²) in [4.78, 5) is 6.52. The van der Waals surface area contributed by atoms with E-state index in [4.69, 9.17) is 4.42 Å². The van der Waals surface area contributed by atoms with Crippen molar-refractivity contribution in [3.8, 4) is 0 Å². The van der Waals surface area contributed by atoms with E-state index < -0.39 is 0 Å². The van der Waals surface area contributed by atoms with Crippen molar-refractivity contribution in [3.63, 3.8) is 0 Å². The van der Waals surface area contributed by atoms with Crippen molar-refractivity contribution < 1.29 is 9.52 Å². The van der Waals surface area contributed by atoms with Gasteiger partial charge in [-0.3, -0.25) is 9.88 Å². The van der Waals surface area contributed by atoms with Gasteiger partial charge in [0, 0.05) is 25.0 Å². The van der Waals surface area contributed by atoms with Gasteiger partial charge in [-0.15, -0.1) is 0 Å². The molecule has 0 spiro atoms. The predicted octanol–water partition coefficient (Wildman–Crippen LogP) is 1.96. The Morgan fingerprint density at radius 1 is 1.27 bits per heavy atom. The van der Waals surface area contributed by atoms with Crippen molar-refractivity contribution in [2.75, 3.05) is 19.7 Å². The number of aliphatic hydroxyl groups is 1. The summed E-state index contributed by atoms with van der Waals surface area (Å²) < 4.78 is 5.39. The number of hydrogen-bond acceptors (Lipinski definition) is 5. The van der Waals surface area contributed by atoms with E-state index in [1.807, 2.05) is 24.5 Å². The van der Waals surface area contributed by atoms with Gasteiger partial charge in [-0.1, -0.05) is 0 Å². The number of likely N-dealkylation sites (tertiary alicyclic amines) is 1. The summed E-state index contributed by atoms with van der Waals surface area (Å²) in [6, 6.07) is 8.23. The third kappa shape index (κ3) is 3.94. The highest BCUT2D eigenvalue weighted by Gasteiger charge is 2.23. The van der Waals surface area contributed by atoms with Crippen molar-refractivity contribution in [2.24, 2.45) is 0 Å². The van der Waals surface area contributed by atoms with Crippen molar-refractivity contribution in [1.29, 1.82) is 0 Å². The number of furan rings is 1. The number of piperidine rings is 1. The fourth-order valence-corrected chi connectivity index (χ4v) is 3.00. The highest BCUT2D eigenvalue weighted by atomic mass is 16.3. The molecule has 5 nitrogen and oxygen atoms in total. The molecule has 0 amide bonds. The van der Waals surface area contributed by atoms with Crippen LogP contribution in [0.3, 0.4) is 0 Å². The number of nitrogens with one attached hydrogen (secondary N) is 1. The number of aromatic nitrogens is 1. The lowest BCUT2D eigenvalue weighted by atomic mass is 10.0. The highest BCUT2D eigenvalue weighted by molar-refractivity contribution is 5.09. The minimum Gasteiger partial charge on any atom is -0.468 e. The summed E-state index contributed by atoms with van der Waals surface area (Å²) in [6.07, 6.45) is 7.51. The molecule has 118 valence electrons. The molecule has 1 atom stereocenters. The number of hydrogen-bond donors (Lipinski definition) is 2. The molecule has 2 aromatic heterocycles. The molecule has 1 fully saturated rings. The fourth-order valence-electron chi connectivity index (χ4n) is 3.00. The van der Waals surface area contributed by atoms with E-state index in [1.165, 1.54) is 5.56 Å². The van der Waals surface area contributed by atoms with Crippen LogP contribution in [0.2, 0.25) is 0 Å². The van der Waals surface area contributed by atoms with E-state index in [0.29, 0.717) is 6.04 Å². The summed E-state index contributed by atoms with van der Waals surface area (Å²) >= 11 is 0. The number of aliphatic hydroxyl groups excluding tert-OH is 1. The van der Waals surface area contributed by atoms with Gasteiger partial charge in [0.05, 0.1) is 18.9 Å². The Morgan fingerprint density at radius 2 is 2.05 bits per heavy atom. The lowest BCUT2D eigenvalue weighted by Gasteiger charge is -2.34. The van der Waals surface area contributed by atoms with E-state index in [9.17, 15) is 5.11 Å². The standard InChI is InChI=1S/C17H23N3O2/c21-13-16(17-2-1-11-22-17)19-15-5-9-20(10-6-15)12-14-3-7-18-8-4-14/h1-4,7-8,11,15-16,19,21H,5-6,9-10,12-13H2. The molecule has 3 rings (SSSR count). The summed E-state index contributed by atoms with van der Waals surface area (Å²) in [6.45, 7) is 3.17. The van der Waals surface area contributed by atoms with Gasteiger partial charge >= 0.3 is 0 Å². The monoisotopic (exact) mass is 301 g/mol. The number of pyridine rings is 1. The van der Waals surface area contributed by atoms with Gasteiger partial charge in [0.25, 0.3) is 0 Å². The van der Waals surface area contributed by atoms with E-state index in [1.54, 1.807) is 6.26 Å². The number of nitrogens with zero attached hydrogens (tertiary/aromatic N) is 2. The molecule has 1 aliphatic heterocycles. The van der Waals surface area contributed by atoms with Gasteiger partial charge in [0.1, 0.15) is 5.76 Å². The zero-order chi connectivity index (χ0) is 15.2. The van der Waals surface area contributed by atoms with Crippen LogP contribution in [0.25, 0.3) is 0 Å². The molecule has 1 aliphatic rings. The van der Waals surface area contributed by atoms with Gasteiger partial charge in [0.15, 0.2) is 0 Å². The topological polar surface area (TPSA) is 61.5 Å². The molecule has 2 N–H and O–H groups in total. The quantitative estimate of drug-likeness (QED) is 0.854. The van der Waals surface area contributed by atoms with Crippen LogP contribution in [-0.4, -0.2) is 40.7 Å². The van der Waals surface area contributed by atoms with Crippen LogP contribution >= 0.6 is 0 Å². The SMILES string of the molecule is OCC(NC1CCN(Cc2ccncc2)CC1)c1ccco1. The van der Waals surface area contributed by atoms with Crippen molar-refractivity contribution in [1.82, 2.24) is 15.2 Å². The third-order valence-corrected chi connectivity index (χ3v) is 4.25. The molecular weight excluding hydrogens is 278 g/mol. The zero-order valence-corrected chi connectivity index (χ0v) is 12.7. The average molecular weight is 301 g/mol. The molecule has 1 saturated heterocycles. The zero-order valence-electron chi connectivity index (χ0n) is 12.7. The fraction of sp³-hybridized carbons (Fsp3) is 0.471. The first-order chi connectivity index (χ1) is 10.8. The van der Waals surface area contributed by atoms with Crippen LogP contribution in [0.15, 0.2) is 47.3 Å². The summed E-state index contributed by atoms with van der Waals surface area (Å²) in [5, 5.41) is 13.0. The van der Waals surface area contributed by atoms with E-state index >= 15 is 0 Å². The smallest absolute Gasteiger partial charge is 0.123 e. The second-order valence-corrected chi connectivity index (χ2v) is 5.82. The molecular formula is C17H23N3O2. The van der Waals surface area contributed by atoms with E-state index in [-0.39, 0.29) is 12.6 Å². The lowest BCUT2D eigenvalue weighted by Crippen LogP contribution is -2.44. The molecule has 0 aliphatic carbocycles. The normalized spacial score (nSPS) is 18.4. The second-order valence-electron chi connectivity index (χ2n) is 5.82. The van der Waals surface area contributed by atoms with Gasteiger partial charge in [0.2, 0.25) is 0 Å². The van der Waals surface area contributed by atoms with E-state index in [2.05, 4.69) is 27.3 Å². The largest absolute Gasteiger partial charge is 0.468 e. The predicted molar refractivity (Wildman–Crippen MR) is 84.2 cm³/mol.